The Labute approximate surface area is 125 Å². The topological polar surface area (TPSA) is 12.0 Å². The van der Waals surface area contributed by atoms with Crippen LogP contribution in [0.25, 0.3) is 0 Å². The molecule has 2 aromatic rings. The molecule has 0 amide bonds. The van der Waals surface area contributed by atoms with E-state index in [1.807, 2.05) is 18.2 Å². The second kappa shape index (κ2) is 6.51. The average Bonchev–Trinajstić information content (AvgIpc) is 2.38. The van der Waals surface area contributed by atoms with Crippen LogP contribution in [0.2, 0.25) is 5.02 Å². The van der Waals surface area contributed by atoms with Gasteiger partial charge in [-0.3, -0.25) is 0 Å². The molecule has 4 heteroatoms. The van der Waals surface area contributed by atoms with Crippen LogP contribution in [-0.4, -0.2) is 0 Å². The third kappa shape index (κ3) is 4.03. The van der Waals surface area contributed by atoms with Gasteiger partial charge in [0.15, 0.2) is 0 Å². The lowest BCUT2D eigenvalue weighted by Crippen LogP contribution is -2.18. The highest BCUT2D eigenvalue weighted by Crippen LogP contribution is 2.22. The number of hydrogen-bond donors (Lipinski definition) is 1. The Morgan fingerprint density at radius 1 is 1.21 bits per heavy atom. The number of nitrogens with one attached hydrogen (secondary N) is 1. The molecule has 0 saturated heterocycles. The van der Waals surface area contributed by atoms with Crippen LogP contribution in [0.4, 0.5) is 4.39 Å². The first-order chi connectivity index (χ1) is 9.06. The summed E-state index contributed by atoms with van der Waals surface area (Å²) in [4.78, 5) is 0. The van der Waals surface area contributed by atoms with Crippen molar-refractivity contribution in [2.75, 3.05) is 0 Å². The van der Waals surface area contributed by atoms with Gasteiger partial charge in [0, 0.05) is 22.1 Å². The third-order valence-corrected chi connectivity index (χ3v) is 3.96. The van der Waals surface area contributed by atoms with Crippen molar-refractivity contribution in [3.63, 3.8) is 0 Å². The van der Waals surface area contributed by atoms with Crippen LogP contribution < -0.4 is 5.32 Å². The molecule has 2 aromatic carbocycles. The van der Waals surface area contributed by atoms with Gasteiger partial charge in [-0.25, -0.2) is 4.39 Å². The van der Waals surface area contributed by atoms with Crippen molar-refractivity contribution in [1.29, 1.82) is 0 Å². The van der Waals surface area contributed by atoms with Crippen LogP contribution in [0.1, 0.15) is 24.1 Å². The largest absolute Gasteiger partial charge is 0.306 e. The molecule has 100 valence electrons. The molecule has 0 saturated carbocycles. The first-order valence-corrected chi connectivity index (χ1v) is 7.16. The van der Waals surface area contributed by atoms with E-state index in [9.17, 15) is 4.39 Å². The van der Waals surface area contributed by atoms with E-state index in [-0.39, 0.29) is 11.9 Å². The van der Waals surface area contributed by atoms with E-state index < -0.39 is 0 Å². The maximum absolute atomic E-state index is 12.9. The molecule has 0 aromatic heterocycles. The van der Waals surface area contributed by atoms with Crippen molar-refractivity contribution >= 4 is 27.5 Å². The molecule has 0 aliphatic heterocycles. The van der Waals surface area contributed by atoms with Crippen molar-refractivity contribution in [1.82, 2.24) is 5.32 Å². The van der Waals surface area contributed by atoms with Gasteiger partial charge in [-0.1, -0.05) is 45.7 Å². The summed E-state index contributed by atoms with van der Waals surface area (Å²) >= 11 is 9.39. The molecule has 0 aliphatic rings. The second-order valence-corrected chi connectivity index (χ2v) is 5.68. The highest BCUT2D eigenvalue weighted by Gasteiger charge is 2.06. The summed E-state index contributed by atoms with van der Waals surface area (Å²) in [6.45, 7) is 2.77. The highest BCUT2D eigenvalue weighted by molar-refractivity contribution is 9.10. The molecule has 0 aliphatic carbocycles. The fourth-order valence-electron chi connectivity index (χ4n) is 1.80. The van der Waals surface area contributed by atoms with E-state index in [0.29, 0.717) is 5.02 Å². The minimum atomic E-state index is -0.212. The van der Waals surface area contributed by atoms with Gasteiger partial charge >= 0.3 is 0 Å². The van der Waals surface area contributed by atoms with Gasteiger partial charge in [0.05, 0.1) is 0 Å². The molecule has 0 radical (unpaired) electrons. The maximum Gasteiger partial charge on any atom is 0.123 e. The number of hydrogen-bond acceptors (Lipinski definition) is 1. The van der Waals surface area contributed by atoms with Crippen molar-refractivity contribution < 1.29 is 4.39 Å². The molecule has 0 heterocycles. The zero-order valence-corrected chi connectivity index (χ0v) is 12.8. The van der Waals surface area contributed by atoms with E-state index in [2.05, 4.69) is 28.2 Å². The monoisotopic (exact) mass is 341 g/mol. The smallest absolute Gasteiger partial charge is 0.123 e. The molecule has 0 fully saturated rings. The van der Waals surface area contributed by atoms with E-state index in [1.54, 1.807) is 12.1 Å². The second-order valence-electron chi connectivity index (χ2n) is 4.39. The Bertz CT molecular complexity index is 557. The van der Waals surface area contributed by atoms with Crippen LogP contribution in [0.15, 0.2) is 46.9 Å². The predicted molar refractivity (Wildman–Crippen MR) is 80.8 cm³/mol. The highest BCUT2D eigenvalue weighted by atomic mass is 79.9. The summed E-state index contributed by atoms with van der Waals surface area (Å²) < 4.78 is 13.8. The van der Waals surface area contributed by atoms with Gasteiger partial charge in [0.1, 0.15) is 5.82 Å². The van der Waals surface area contributed by atoms with Crippen molar-refractivity contribution in [3.05, 3.63) is 68.9 Å². The van der Waals surface area contributed by atoms with Gasteiger partial charge in [0.25, 0.3) is 0 Å². The predicted octanol–water partition coefficient (Wildman–Crippen LogP) is 5.09. The third-order valence-electron chi connectivity index (χ3n) is 2.98. The maximum atomic E-state index is 12.9. The Morgan fingerprint density at radius 3 is 2.53 bits per heavy atom. The summed E-state index contributed by atoms with van der Waals surface area (Å²) in [5, 5.41) is 4.11. The Morgan fingerprint density at radius 2 is 1.89 bits per heavy atom. The van der Waals surface area contributed by atoms with E-state index in [4.69, 9.17) is 11.6 Å². The molecule has 1 atom stereocenters. The Hall–Kier alpha value is -0.900. The van der Waals surface area contributed by atoms with Gasteiger partial charge in [-0.05, 0) is 42.3 Å². The van der Waals surface area contributed by atoms with Crippen LogP contribution >= 0.6 is 27.5 Å². The Balaban J connectivity index is 2.00. The number of rotatable bonds is 4. The summed E-state index contributed by atoms with van der Waals surface area (Å²) in [5.74, 6) is -0.212. The van der Waals surface area contributed by atoms with Gasteiger partial charge in [0.2, 0.25) is 0 Å². The van der Waals surface area contributed by atoms with Gasteiger partial charge in [-0.2, -0.15) is 0 Å². The molecular weight excluding hydrogens is 329 g/mol. The van der Waals surface area contributed by atoms with Crippen LogP contribution in [-0.2, 0) is 6.54 Å². The first kappa shape index (κ1) is 14.5. The summed E-state index contributed by atoms with van der Waals surface area (Å²) in [7, 11) is 0. The average molecular weight is 343 g/mol. The van der Waals surface area contributed by atoms with Gasteiger partial charge in [-0.15, -0.1) is 0 Å². The number of benzene rings is 2. The lowest BCUT2D eigenvalue weighted by Gasteiger charge is -2.15. The lowest BCUT2D eigenvalue weighted by molar-refractivity contribution is 0.570. The van der Waals surface area contributed by atoms with E-state index in [0.717, 1.165) is 22.1 Å². The SMILES string of the molecule is CC(NCc1ccc(Cl)cc1Br)c1ccc(F)cc1. The first-order valence-electron chi connectivity index (χ1n) is 5.99. The van der Waals surface area contributed by atoms with Crippen LogP contribution in [0.3, 0.4) is 0 Å². The summed E-state index contributed by atoms with van der Waals surface area (Å²) in [6.07, 6.45) is 0. The minimum Gasteiger partial charge on any atom is -0.306 e. The van der Waals surface area contributed by atoms with Gasteiger partial charge < -0.3 is 5.32 Å². The number of halogens is 3. The van der Waals surface area contributed by atoms with Crippen molar-refractivity contribution in [2.24, 2.45) is 0 Å². The molecule has 1 N–H and O–H groups in total. The molecule has 1 nitrogen and oxygen atoms in total. The molecule has 19 heavy (non-hydrogen) atoms. The summed E-state index contributed by atoms with van der Waals surface area (Å²) in [6, 6.07) is 12.4. The molecule has 0 bridgehead atoms. The molecule has 0 spiro atoms. The zero-order chi connectivity index (χ0) is 13.8. The lowest BCUT2D eigenvalue weighted by atomic mass is 10.1. The fraction of sp³-hybridized carbons (Fsp3) is 0.200. The zero-order valence-electron chi connectivity index (χ0n) is 10.5. The molecule has 2 rings (SSSR count). The van der Waals surface area contributed by atoms with Crippen molar-refractivity contribution in [2.45, 2.75) is 19.5 Å². The Kier molecular flexibility index (Phi) is 4.97. The van der Waals surface area contributed by atoms with E-state index >= 15 is 0 Å². The van der Waals surface area contributed by atoms with E-state index in [1.165, 1.54) is 12.1 Å². The summed E-state index contributed by atoms with van der Waals surface area (Å²) in [5.41, 5.74) is 2.20. The fourth-order valence-corrected chi connectivity index (χ4v) is 2.62. The quantitative estimate of drug-likeness (QED) is 0.816. The van der Waals surface area contributed by atoms with Crippen LogP contribution in [0, 0.1) is 5.82 Å². The standard InChI is InChI=1S/C15H14BrClFN/c1-10(11-3-6-14(18)7-4-11)19-9-12-2-5-13(17)8-15(12)16/h2-8,10,19H,9H2,1H3. The normalized spacial score (nSPS) is 12.4. The minimum absolute atomic E-state index is 0.156. The molecule has 1 unspecified atom stereocenters. The van der Waals surface area contributed by atoms with Crippen molar-refractivity contribution in [3.8, 4) is 0 Å². The van der Waals surface area contributed by atoms with Crippen LogP contribution in [0.5, 0.6) is 0 Å². The molecular formula is C15H14BrClFN.